The summed E-state index contributed by atoms with van der Waals surface area (Å²) < 4.78 is 12.8. The minimum Gasteiger partial charge on any atom is -0.456 e. The maximum absolute atomic E-state index is 7.40. The lowest BCUT2D eigenvalue weighted by Crippen LogP contribution is -2.14. The quantitative estimate of drug-likeness (QED) is 0.184. The van der Waals surface area contributed by atoms with Crippen LogP contribution in [0.5, 0.6) is 0 Å². The van der Waals surface area contributed by atoms with Crippen molar-refractivity contribution in [2.24, 2.45) is 0 Å². The van der Waals surface area contributed by atoms with Crippen molar-refractivity contribution in [2.45, 2.75) is 0 Å². The van der Waals surface area contributed by atoms with Crippen LogP contribution in [0, 0.1) is 0 Å². The van der Waals surface area contributed by atoms with E-state index in [2.05, 4.69) is 101 Å². The summed E-state index contributed by atoms with van der Waals surface area (Å²) >= 11 is 7.40. The van der Waals surface area contributed by atoms with E-state index < -0.39 is 0 Å². The number of furan rings is 2. The van der Waals surface area contributed by atoms with Gasteiger partial charge in [0.15, 0.2) is 0 Å². The largest absolute Gasteiger partial charge is 0.456 e. The molecule has 0 radical (unpaired) electrons. The zero-order valence-electron chi connectivity index (χ0n) is 25.2. The zero-order chi connectivity index (χ0) is 31.3. The third-order valence-electron chi connectivity index (χ3n) is 8.69. The van der Waals surface area contributed by atoms with Gasteiger partial charge in [0.2, 0.25) is 0 Å². The van der Waals surface area contributed by atoms with E-state index >= 15 is 0 Å². The fourth-order valence-corrected chi connectivity index (χ4v) is 6.99. The molecule has 7 aromatic carbocycles. The highest BCUT2D eigenvalue weighted by Crippen LogP contribution is 2.49. The second-order valence-electron chi connectivity index (χ2n) is 11.5. The molecule has 0 saturated heterocycles. The number of rotatable bonds is 6. The number of hydrogen-bond acceptors (Lipinski definition) is 4. The highest BCUT2D eigenvalue weighted by atomic mass is 35.5. The Hall–Kier alpha value is -5.97. The van der Waals surface area contributed by atoms with Crippen LogP contribution in [0.1, 0.15) is 0 Å². The van der Waals surface area contributed by atoms with Crippen molar-refractivity contribution < 1.29 is 8.83 Å². The fourth-order valence-electron chi connectivity index (χ4n) is 6.65. The zero-order valence-corrected chi connectivity index (χ0v) is 25.9. The monoisotopic (exact) mass is 626 g/mol. The number of hydrogen-bond donors (Lipinski definition) is 0. The van der Waals surface area contributed by atoms with Gasteiger partial charge in [0.1, 0.15) is 22.3 Å². The van der Waals surface area contributed by atoms with E-state index in [0.717, 1.165) is 78.0 Å². The maximum atomic E-state index is 7.40. The van der Waals surface area contributed by atoms with Crippen molar-refractivity contribution >= 4 is 89.6 Å². The molecule has 0 unspecified atom stereocenters. The Balaban J connectivity index is 1.37. The molecule has 5 heteroatoms. The minimum atomic E-state index is 0.616. The summed E-state index contributed by atoms with van der Waals surface area (Å²) in [4.78, 5) is 4.50. The average molecular weight is 627 g/mol. The van der Waals surface area contributed by atoms with Gasteiger partial charge >= 0.3 is 0 Å². The number of benzene rings is 7. The molecule has 2 aromatic heterocycles. The van der Waals surface area contributed by atoms with Gasteiger partial charge in [0.25, 0.3) is 0 Å². The van der Waals surface area contributed by atoms with Crippen molar-refractivity contribution in [3.8, 4) is 0 Å². The molecule has 0 amide bonds. The van der Waals surface area contributed by atoms with Crippen molar-refractivity contribution in [3.05, 3.63) is 169 Å². The van der Waals surface area contributed by atoms with E-state index in [1.807, 2.05) is 72.8 Å². The summed E-state index contributed by atoms with van der Waals surface area (Å²) in [5.41, 5.74) is 8.95. The normalized spacial score (nSPS) is 11.5. The van der Waals surface area contributed by atoms with Gasteiger partial charge in [-0.05, 0) is 66.7 Å². The molecule has 0 aliphatic carbocycles. The second kappa shape index (κ2) is 11.1. The summed E-state index contributed by atoms with van der Waals surface area (Å²) in [6.07, 6.45) is 0. The highest BCUT2D eigenvalue weighted by molar-refractivity contribution is 6.40. The molecule has 0 N–H and O–H groups in total. The summed E-state index contributed by atoms with van der Waals surface area (Å²) in [5, 5.41) is 4.57. The Kier molecular flexibility index (Phi) is 6.47. The van der Waals surface area contributed by atoms with Crippen LogP contribution >= 0.6 is 11.6 Å². The van der Waals surface area contributed by atoms with Crippen molar-refractivity contribution in [1.82, 2.24) is 0 Å². The summed E-state index contributed by atoms with van der Waals surface area (Å²) in [7, 11) is 0. The van der Waals surface area contributed by atoms with Crippen LogP contribution in [-0.2, 0) is 0 Å². The molecule has 9 rings (SSSR count). The third kappa shape index (κ3) is 4.53. The minimum absolute atomic E-state index is 0.616. The average Bonchev–Trinajstić information content (AvgIpc) is 3.70. The van der Waals surface area contributed by atoms with E-state index in [0.29, 0.717) is 5.02 Å². The SMILES string of the molecule is Clc1c(N(c2ccccc2)c2cc(N(c3ccccc3)c3ccccc3)c3c(c2)oc2ccccc23)ccc2oc3ccccc3c12. The molecule has 224 valence electrons. The first-order valence-corrected chi connectivity index (χ1v) is 15.9. The first-order chi connectivity index (χ1) is 23.2. The lowest BCUT2D eigenvalue weighted by molar-refractivity contribution is 0.668. The molecule has 0 saturated carbocycles. The maximum Gasteiger partial charge on any atom is 0.139 e. The van der Waals surface area contributed by atoms with Crippen molar-refractivity contribution in [2.75, 3.05) is 9.80 Å². The first-order valence-electron chi connectivity index (χ1n) is 15.5. The molecule has 0 aliphatic heterocycles. The smallest absolute Gasteiger partial charge is 0.139 e. The van der Waals surface area contributed by atoms with Gasteiger partial charge in [-0.1, -0.05) is 103 Å². The molecule has 0 aliphatic rings. The van der Waals surface area contributed by atoms with E-state index in [1.165, 1.54) is 0 Å². The molecule has 2 heterocycles. The second-order valence-corrected chi connectivity index (χ2v) is 11.9. The van der Waals surface area contributed by atoms with Gasteiger partial charge < -0.3 is 18.6 Å². The van der Waals surface area contributed by atoms with Crippen LogP contribution < -0.4 is 9.80 Å². The molecule has 47 heavy (non-hydrogen) atoms. The van der Waals surface area contributed by atoms with Crippen LogP contribution in [0.3, 0.4) is 0 Å². The molecule has 0 atom stereocenters. The van der Waals surface area contributed by atoms with Crippen molar-refractivity contribution in [3.63, 3.8) is 0 Å². The number of anilines is 6. The van der Waals surface area contributed by atoms with E-state index in [4.69, 9.17) is 20.4 Å². The lowest BCUT2D eigenvalue weighted by Gasteiger charge is -2.30. The standard InChI is InChI=1S/C42H27ClN2O2/c43-42-34(24-25-38-41(42)33-21-11-13-23-37(33)46-38)45(30-18-8-3-9-19-30)31-26-35(40-32-20-10-12-22-36(32)47-39(40)27-31)44(28-14-4-1-5-15-28)29-16-6-2-7-17-29/h1-27H. The van der Waals surface area contributed by atoms with Crippen LogP contribution in [-0.4, -0.2) is 0 Å². The fraction of sp³-hybridized carbons (Fsp3) is 0. The van der Waals surface area contributed by atoms with E-state index in [9.17, 15) is 0 Å². The molecule has 4 nitrogen and oxygen atoms in total. The van der Waals surface area contributed by atoms with Gasteiger partial charge in [-0.2, -0.15) is 0 Å². The molecular weight excluding hydrogens is 600 g/mol. The van der Waals surface area contributed by atoms with Crippen LogP contribution in [0.4, 0.5) is 34.1 Å². The van der Waals surface area contributed by atoms with Gasteiger partial charge in [-0.3, -0.25) is 0 Å². The Bertz CT molecular complexity index is 2500. The molecule has 0 spiro atoms. The van der Waals surface area contributed by atoms with Crippen LogP contribution in [0.15, 0.2) is 173 Å². The van der Waals surface area contributed by atoms with Crippen LogP contribution in [0.25, 0.3) is 43.9 Å². The Labute approximate surface area is 276 Å². The predicted octanol–water partition coefficient (Wildman–Crippen LogP) is 13.1. The number of para-hydroxylation sites is 5. The van der Waals surface area contributed by atoms with Crippen LogP contribution in [0.2, 0.25) is 5.02 Å². The Morgan fingerprint density at radius 2 is 0.830 bits per heavy atom. The Morgan fingerprint density at radius 3 is 1.40 bits per heavy atom. The van der Waals surface area contributed by atoms with Gasteiger partial charge in [0, 0.05) is 39.3 Å². The summed E-state index contributed by atoms with van der Waals surface area (Å²) in [6.45, 7) is 0. The molecule has 9 aromatic rings. The number of nitrogens with zero attached hydrogens (tertiary/aromatic N) is 2. The summed E-state index contributed by atoms with van der Waals surface area (Å²) in [6, 6.07) is 55.9. The van der Waals surface area contributed by atoms with Gasteiger partial charge in [-0.25, -0.2) is 0 Å². The molecule has 0 bridgehead atoms. The lowest BCUT2D eigenvalue weighted by atomic mass is 10.0. The van der Waals surface area contributed by atoms with Gasteiger partial charge in [0.05, 0.1) is 27.5 Å². The molecular formula is C42H27ClN2O2. The Morgan fingerprint density at radius 1 is 0.362 bits per heavy atom. The first kappa shape index (κ1) is 27.3. The van der Waals surface area contributed by atoms with Crippen molar-refractivity contribution in [1.29, 1.82) is 0 Å². The van der Waals surface area contributed by atoms with E-state index in [1.54, 1.807) is 0 Å². The number of fused-ring (bicyclic) bond motifs is 6. The summed E-state index contributed by atoms with van der Waals surface area (Å²) in [5.74, 6) is 0. The topological polar surface area (TPSA) is 32.8 Å². The van der Waals surface area contributed by atoms with E-state index in [-0.39, 0.29) is 0 Å². The third-order valence-corrected chi connectivity index (χ3v) is 9.07. The van der Waals surface area contributed by atoms with Gasteiger partial charge in [-0.15, -0.1) is 0 Å². The predicted molar refractivity (Wildman–Crippen MR) is 195 cm³/mol. The number of halogens is 1. The highest BCUT2D eigenvalue weighted by Gasteiger charge is 2.25. The molecule has 0 fully saturated rings.